The Labute approximate surface area is 102 Å². The molecule has 2 rings (SSSR count). The molecule has 1 aromatic rings. The molecule has 1 heterocycles. The number of thiophene rings is 1. The lowest BCUT2D eigenvalue weighted by Crippen LogP contribution is -2.18. The lowest BCUT2D eigenvalue weighted by atomic mass is 9.90. The Morgan fingerprint density at radius 2 is 1.88 bits per heavy atom. The van der Waals surface area contributed by atoms with Crippen LogP contribution in [0.4, 0.5) is 0 Å². The summed E-state index contributed by atoms with van der Waals surface area (Å²) < 4.78 is 0. The molecule has 0 atom stereocenters. The standard InChI is InChI=1S/C14H20OS/c1-14(2,3)13(15)12-9-10-7-5-4-6-8-11(10)16-12/h9H,4-8H2,1-3H3. The third-order valence-corrected chi connectivity index (χ3v) is 4.39. The smallest absolute Gasteiger partial charge is 0.178 e. The predicted octanol–water partition coefficient (Wildman–Crippen LogP) is 4.25. The maximum absolute atomic E-state index is 12.2. The van der Waals surface area contributed by atoms with Gasteiger partial charge in [0, 0.05) is 10.3 Å². The molecule has 2 heteroatoms. The number of hydrogen-bond donors (Lipinski definition) is 0. The third kappa shape index (κ3) is 2.37. The van der Waals surface area contributed by atoms with Crippen molar-refractivity contribution < 1.29 is 4.79 Å². The normalized spacial score (nSPS) is 16.7. The van der Waals surface area contributed by atoms with Gasteiger partial charge in [0.05, 0.1) is 4.88 Å². The average Bonchev–Trinajstić information content (AvgIpc) is 2.47. The van der Waals surface area contributed by atoms with E-state index in [4.69, 9.17) is 0 Å². The molecule has 0 amide bonds. The molecule has 0 aromatic carbocycles. The molecule has 0 spiro atoms. The van der Waals surface area contributed by atoms with Crippen LogP contribution in [-0.2, 0) is 12.8 Å². The summed E-state index contributed by atoms with van der Waals surface area (Å²) in [6.07, 6.45) is 6.26. The molecule has 0 radical (unpaired) electrons. The van der Waals surface area contributed by atoms with Gasteiger partial charge in [0.25, 0.3) is 0 Å². The zero-order valence-electron chi connectivity index (χ0n) is 10.4. The van der Waals surface area contributed by atoms with Crippen LogP contribution in [0.15, 0.2) is 6.07 Å². The topological polar surface area (TPSA) is 17.1 Å². The zero-order valence-corrected chi connectivity index (χ0v) is 11.2. The summed E-state index contributed by atoms with van der Waals surface area (Å²) >= 11 is 1.73. The summed E-state index contributed by atoms with van der Waals surface area (Å²) in [4.78, 5) is 14.6. The molecule has 1 aliphatic carbocycles. The van der Waals surface area contributed by atoms with Gasteiger partial charge in [-0.2, -0.15) is 0 Å². The minimum atomic E-state index is -0.247. The van der Waals surface area contributed by atoms with Crippen molar-refractivity contribution in [3.63, 3.8) is 0 Å². The van der Waals surface area contributed by atoms with E-state index in [2.05, 4.69) is 6.07 Å². The molecule has 0 unspecified atom stereocenters. The first kappa shape index (κ1) is 11.8. The van der Waals surface area contributed by atoms with Crippen LogP contribution in [0.1, 0.15) is 60.1 Å². The molecule has 1 aromatic heterocycles. The molecule has 0 saturated heterocycles. The van der Waals surface area contributed by atoms with Crippen LogP contribution < -0.4 is 0 Å². The Balaban J connectivity index is 2.28. The molecule has 0 N–H and O–H groups in total. The van der Waals surface area contributed by atoms with Crippen LogP contribution in [0.3, 0.4) is 0 Å². The first-order valence-corrected chi connectivity index (χ1v) is 6.96. The molecule has 88 valence electrons. The minimum Gasteiger partial charge on any atom is -0.293 e. The van der Waals surface area contributed by atoms with Crippen molar-refractivity contribution in [2.24, 2.45) is 5.41 Å². The Kier molecular flexibility index (Phi) is 3.20. The van der Waals surface area contributed by atoms with Crippen molar-refractivity contribution in [2.75, 3.05) is 0 Å². The van der Waals surface area contributed by atoms with Crippen molar-refractivity contribution in [1.82, 2.24) is 0 Å². The van der Waals surface area contributed by atoms with E-state index in [-0.39, 0.29) is 5.41 Å². The summed E-state index contributed by atoms with van der Waals surface area (Å²) in [6.45, 7) is 6.00. The number of carbonyl (C=O) groups is 1. The van der Waals surface area contributed by atoms with Gasteiger partial charge >= 0.3 is 0 Å². The van der Waals surface area contributed by atoms with Gasteiger partial charge in [0.15, 0.2) is 5.78 Å². The maximum Gasteiger partial charge on any atom is 0.178 e. The van der Waals surface area contributed by atoms with Gasteiger partial charge in [-0.1, -0.05) is 27.2 Å². The quantitative estimate of drug-likeness (QED) is 0.526. The Hall–Kier alpha value is -0.630. The fraction of sp³-hybridized carbons (Fsp3) is 0.643. The van der Waals surface area contributed by atoms with Crippen molar-refractivity contribution >= 4 is 17.1 Å². The van der Waals surface area contributed by atoms with E-state index >= 15 is 0 Å². The second kappa shape index (κ2) is 4.33. The van der Waals surface area contributed by atoms with Crippen molar-refractivity contribution in [3.05, 3.63) is 21.4 Å². The summed E-state index contributed by atoms with van der Waals surface area (Å²) in [5.41, 5.74) is 1.19. The lowest BCUT2D eigenvalue weighted by molar-refractivity contribution is 0.0862. The van der Waals surface area contributed by atoms with Crippen molar-refractivity contribution in [2.45, 2.75) is 52.9 Å². The molecule has 1 nitrogen and oxygen atoms in total. The van der Waals surface area contributed by atoms with Gasteiger partial charge in [0.1, 0.15) is 0 Å². The first-order valence-electron chi connectivity index (χ1n) is 6.15. The highest BCUT2D eigenvalue weighted by atomic mass is 32.1. The highest BCUT2D eigenvalue weighted by Gasteiger charge is 2.25. The monoisotopic (exact) mass is 236 g/mol. The van der Waals surface area contributed by atoms with Gasteiger partial charge in [-0.3, -0.25) is 4.79 Å². The minimum absolute atomic E-state index is 0.247. The number of aryl methyl sites for hydroxylation is 2. The molecule has 1 aliphatic rings. The number of fused-ring (bicyclic) bond motifs is 1. The van der Waals surface area contributed by atoms with Crippen LogP contribution in [0.5, 0.6) is 0 Å². The van der Waals surface area contributed by atoms with E-state index in [9.17, 15) is 4.79 Å². The van der Waals surface area contributed by atoms with E-state index in [1.54, 1.807) is 11.3 Å². The number of Topliss-reactive ketones (excluding diaryl/α,β-unsaturated/α-hetero) is 1. The second-order valence-electron chi connectivity index (χ2n) is 5.70. The van der Waals surface area contributed by atoms with Crippen LogP contribution in [0.25, 0.3) is 0 Å². The number of rotatable bonds is 1. The van der Waals surface area contributed by atoms with E-state index < -0.39 is 0 Å². The number of hydrogen-bond acceptors (Lipinski definition) is 2. The fourth-order valence-corrected chi connectivity index (χ4v) is 3.55. The van der Waals surface area contributed by atoms with Crippen LogP contribution in [-0.4, -0.2) is 5.78 Å². The van der Waals surface area contributed by atoms with Gasteiger partial charge in [-0.15, -0.1) is 11.3 Å². The van der Waals surface area contributed by atoms with Gasteiger partial charge in [-0.25, -0.2) is 0 Å². The van der Waals surface area contributed by atoms with E-state index in [1.807, 2.05) is 20.8 Å². The Bertz CT molecular complexity index is 372. The van der Waals surface area contributed by atoms with E-state index in [0.29, 0.717) is 5.78 Å². The summed E-state index contributed by atoms with van der Waals surface area (Å²) in [5.74, 6) is 0.297. The van der Waals surface area contributed by atoms with Crippen LogP contribution >= 0.6 is 11.3 Å². The van der Waals surface area contributed by atoms with Gasteiger partial charge in [-0.05, 0) is 37.3 Å². The highest BCUT2D eigenvalue weighted by molar-refractivity contribution is 7.14. The highest BCUT2D eigenvalue weighted by Crippen LogP contribution is 2.32. The lowest BCUT2D eigenvalue weighted by Gasteiger charge is -2.14. The zero-order chi connectivity index (χ0) is 11.8. The Morgan fingerprint density at radius 3 is 2.56 bits per heavy atom. The largest absolute Gasteiger partial charge is 0.293 e. The molecule has 0 saturated carbocycles. The molecule has 16 heavy (non-hydrogen) atoms. The molecular formula is C14H20OS. The summed E-state index contributed by atoms with van der Waals surface area (Å²) in [6, 6.07) is 2.15. The van der Waals surface area contributed by atoms with E-state index in [1.165, 1.54) is 42.5 Å². The van der Waals surface area contributed by atoms with E-state index in [0.717, 1.165) is 4.88 Å². The van der Waals surface area contributed by atoms with Gasteiger partial charge in [0.2, 0.25) is 0 Å². The van der Waals surface area contributed by atoms with Crippen LogP contribution in [0, 0.1) is 5.41 Å². The molecular weight excluding hydrogens is 216 g/mol. The van der Waals surface area contributed by atoms with Crippen molar-refractivity contribution in [1.29, 1.82) is 0 Å². The number of carbonyl (C=O) groups excluding carboxylic acids is 1. The third-order valence-electron chi connectivity index (χ3n) is 3.15. The Morgan fingerprint density at radius 1 is 1.19 bits per heavy atom. The van der Waals surface area contributed by atoms with Crippen LogP contribution in [0.2, 0.25) is 0 Å². The van der Waals surface area contributed by atoms with Crippen molar-refractivity contribution in [3.8, 4) is 0 Å². The SMILES string of the molecule is CC(C)(C)C(=O)c1cc2c(s1)CCCCC2. The first-order chi connectivity index (χ1) is 7.48. The summed E-state index contributed by atoms with van der Waals surface area (Å²) in [7, 11) is 0. The summed E-state index contributed by atoms with van der Waals surface area (Å²) in [5, 5.41) is 0. The molecule has 0 bridgehead atoms. The predicted molar refractivity (Wildman–Crippen MR) is 69.4 cm³/mol. The van der Waals surface area contributed by atoms with Gasteiger partial charge < -0.3 is 0 Å². The second-order valence-corrected chi connectivity index (χ2v) is 6.84. The maximum atomic E-state index is 12.2. The number of ketones is 1. The average molecular weight is 236 g/mol. The molecule has 0 aliphatic heterocycles. The molecule has 0 fully saturated rings. The fourth-order valence-electron chi connectivity index (χ4n) is 2.15.